The Labute approximate surface area is 89.5 Å². The van der Waals surface area contributed by atoms with Gasteiger partial charge in [-0.1, -0.05) is 77.0 Å². The number of rotatable bonds is 0. The van der Waals surface area contributed by atoms with Gasteiger partial charge in [-0.2, -0.15) is 0 Å². The van der Waals surface area contributed by atoms with Gasteiger partial charge in [-0.25, -0.2) is 0 Å². The SMILES string of the molecule is C1CCCC2CCCC(CCC1)CC2. The van der Waals surface area contributed by atoms with Gasteiger partial charge in [0.15, 0.2) is 0 Å². The van der Waals surface area contributed by atoms with Crippen LogP contribution in [0.4, 0.5) is 0 Å². The number of fused-ring (bicyclic) bond motifs is 3. The summed E-state index contributed by atoms with van der Waals surface area (Å²) in [6.45, 7) is 0. The van der Waals surface area contributed by atoms with Crippen LogP contribution in [0.5, 0.6) is 0 Å². The normalized spacial score (nSPS) is 36.0. The lowest BCUT2D eigenvalue weighted by molar-refractivity contribution is 0.393. The van der Waals surface area contributed by atoms with Crippen molar-refractivity contribution in [3.8, 4) is 0 Å². The predicted octanol–water partition coefficient (Wildman–Crippen LogP) is 4.93. The first-order valence-corrected chi connectivity index (χ1v) is 6.95. The van der Waals surface area contributed by atoms with Crippen molar-refractivity contribution in [3.63, 3.8) is 0 Å². The molecule has 0 radical (unpaired) electrons. The summed E-state index contributed by atoms with van der Waals surface area (Å²) >= 11 is 0. The fourth-order valence-electron chi connectivity index (χ4n) is 3.43. The molecule has 0 amide bonds. The minimum absolute atomic E-state index is 1.11. The second-order valence-corrected chi connectivity index (χ2v) is 5.59. The van der Waals surface area contributed by atoms with Gasteiger partial charge < -0.3 is 0 Å². The topological polar surface area (TPSA) is 0 Å². The maximum absolute atomic E-state index is 1.56. The summed E-state index contributed by atoms with van der Waals surface area (Å²) in [6, 6.07) is 0. The van der Waals surface area contributed by atoms with Crippen molar-refractivity contribution in [2.75, 3.05) is 0 Å². The molecule has 2 unspecified atom stereocenters. The van der Waals surface area contributed by atoms with Crippen molar-refractivity contribution < 1.29 is 0 Å². The minimum atomic E-state index is 1.11. The van der Waals surface area contributed by atoms with Gasteiger partial charge in [0.25, 0.3) is 0 Å². The van der Waals surface area contributed by atoms with Gasteiger partial charge in [-0.15, -0.1) is 0 Å². The monoisotopic (exact) mass is 194 g/mol. The maximum Gasteiger partial charge on any atom is -0.0414 e. The molecule has 0 heteroatoms. The van der Waals surface area contributed by atoms with Gasteiger partial charge in [-0.05, 0) is 11.8 Å². The average Bonchev–Trinajstić information content (AvgIpc) is 2.41. The highest BCUT2D eigenvalue weighted by molar-refractivity contribution is 4.71. The van der Waals surface area contributed by atoms with Crippen LogP contribution in [0, 0.1) is 11.8 Å². The molecule has 2 aliphatic carbocycles. The van der Waals surface area contributed by atoms with E-state index < -0.39 is 0 Å². The zero-order chi connectivity index (χ0) is 9.64. The van der Waals surface area contributed by atoms with Crippen molar-refractivity contribution in [1.29, 1.82) is 0 Å². The van der Waals surface area contributed by atoms with E-state index >= 15 is 0 Å². The lowest BCUT2D eigenvalue weighted by Crippen LogP contribution is -1.99. The molecule has 0 N–H and O–H groups in total. The summed E-state index contributed by atoms with van der Waals surface area (Å²) < 4.78 is 0. The van der Waals surface area contributed by atoms with Crippen molar-refractivity contribution >= 4 is 0 Å². The first-order valence-electron chi connectivity index (χ1n) is 6.95. The van der Waals surface area contributed by atoms with Crippen LogP contribution >= 0.6 is 0 Å². The third-order valence-electron chi connectivity index (χ3n) is 4.43. The van der Waals surface area contributed by atoms with Crippen LogP contribution in [0.2, 0.25) is 0 Å². The lowest BCUT2D eigenvalue weighted by atomic mass is 9.93. The molecule has 0 heterocycles. The van der Waals surface area contributed by atoms with Crippen LogP contribution in [0.15, 0.2) is 0 Å². The second kappa shape index (κ2) is 5.78. The fraction of sp³-hybridized carbons (Fsp3) is 1.00. The summed E-state index contributed by atoms with van der Waals surface area (Å²) in [4.78, 5) is 0. The van der Waals surface area contributed by atoms with Gasteiger partial charge in [0, 0.05) is 0 Å². The summed E-state index contributed by atoms with van der Waals surface area (Å²) in [5, 5.41) is 0. The Morgan fingerprint density at radius 1 is 0.357 bits per heavy atom. The molecule has 2 rings (SSSR count). The Morgan fingerprint density at radius 3 is 1.36 bits per heavy atom. The Kier molecular flexibility index (Phi) is 4.34. The third kappa shape index (κ3) is 3.29. The van der Waals surface area contributed by atoms with Gasteiger partial charge in [-0.3, -0.25) is 0 Å². The molecule has 2 aliphatic rings. The molecule has 2 fully saturated rings. The quantitative estimate of drug-likeness (QED) is 0.513. The Balaban J connectivity index is 1.87. The van der Waals surface area contributed by atoms with E-state index in [4.69, 9.17) is 0 Å². The van der Waals surface area contributed by atoms with Crippen LogP contribution < -0.4 is 0 Å². The largest absolute Gasteiger partial charge is 0.0533 e. The van der Waals surface area contributed by atoms with E-state index in [1.165, 1.54) is 38.5 Å². The molecule has 14 heavy (non-hydrogen) atoms. The molecule has 0 aromatic rings. The molecule has 2 bridgehead atoms. The van der Waals surface area contributed by atoms with Crippen LogP contribution in [-0.4, -0.2) is 0 Å². The van der Waals surface area contributed by atoms with Crippen LogP contribution in [0.1, 0.15) is 77.0 Å². The fourth-order valence-corrected chi connectivity index (χ4v) is 3.43. The summed E-state index contributed by atoms with van der Waals surface area (Å²) in [5.41, 5.74) is 0. The van der Waals surface area contributed by atoms with Crippen molar-refractivity contribution in [1.82, 2.24) is 0 Å². The number of hydrogen-bond donors (Lipinski definition) is 0. The average molecular weight is 194 g/mol. The summed E-state index contributed by atoms with van der Waals surface area (Å²) in [5.74, 6) is 2.22. The van der Waals surface area contributed by atoms with Crippen LogP contribution in [0.25, 0.3) is 0 Å². The molecular formula is C14H26. The standard InChI is InChI=1S/C14H26/c1-2-4-7-13-9-6-10-14(12-11-13)8-5-3-1/h13-14H,1-12H2. The molecule has 0 spiro atoms. The van der Waals surface area contributed by atoms with E-state index in [9.17, 15) is 0 Å². The van der Waals surface area contributed by atoms with Gasteiger partial charge in [0.2, 0.25) is 0 Å². The molecule has 82 valence electrons. The molecule has 2 atom stereocenters. The highest BCUT2D eigenvalue weighted by Gasteiger charge is 2.18. The van der Waals surface area contributed by atoms with E-state index in [1.807, 2.05) is 0 Å². The zero-order valence-corrected chi connectivity index (χ0v) is 9.64. The van der Waals surface area contributed by atoms with Gasteiger partial charge >= 0.3 is 0 Å². The maximum atomic E-state index is 1.56. The van der Waals surface area contributed by atoms with Crippen molar-refractivity contribution in [3.05, 3.63) is 0 Å². The van der Waals surface area contributed by atoms with Crippen LogP contribution in [-0.2, 0) is 0 Å². The van der Waals surface area contributed by atoms with Gasteiger partial charge in [0.05, 0.1) is 0 Å². The van der Waals surface area contributed by atoms with Crippen LogP contribution in [0.3, 0.4) is 0 Å². The van der Waals surface area contributed by atoms with Gasteiger partial charge in [0.1, 0.15) is 0 Å². The molecule has 0 aliphatic heterocycles. The molecule has 2 saturated carbocycles. The molecule has 0 aromatic carbocycles. The first-order chi connectivity index (χ1) is 6.95. The third-order valence-corrected chi connectivity index (χ3v) is 4.43. The smallest absolute Gasteiger partial charge is 0.0414 e. The van der Waals surface area contributed by atoms with E-state index in [-0.39, 0.29) is 0 Å². The van der Waals surface area contributed by atoms with E-state index in [0.717, 1.165) is 11.8 Å². The molecular weight excluding hydrogens is 168 g/mol. The van der Waals surface area contributed by atoms with Crippen molar-refractivity contribution in [2.24, 2.45) is 11.8 Å². The molecule has 0 saturated heterocycles. The molecule has 0 nitrogen and oxygen atoms in total. The Hall–Kier alpha value is 0. The van der Waals surface area contributed by atoms with E-state index in [2.05, 4.69) is 0 Å². The lowest BCUT2D eigenvalue weighted by Gasteiger charge is -2.13. The second-order valence-electron chi connectivity index (χ2n) is 5.59. The Bertz CT molecular complexity index is 134. The summed E-state index contributed by atoms with van der Waals surface area (Å²) in [6.07, 6.45) is 18.4. The highest BCUT2D eigenvalue weighted by atomic mass is 14.2. The zero-order valence-electron chi connectivity index (χ0n) is 9.64. The Morgan fingerprint density at radius 2 is 0.786 bits per heavy atom. The van der Waals surface area contributed by atoms with E-state index in [0.29, 0.717) is 0 Å². The first kappa shape index (κ1) is 10.5. The minimum Gasteiger partial charge on any atom is -0.0533 e. The molecule has 0 aromatic heterocycles. The van der Waals surface area contributed by atoms with E-state index in [1.54, 1.807) is 38.5 Å². The predicted molar refractivity (Wildman–Crippen MR) is 62.4 cm³/mol. The van der Waals surface area contributed by atoms with Crippen molar-refractivity contribution in [2.45, 2.75) is 77.0 Å². The summed E-state index contributed by atoms with van der Waals surface area (Å²) in [7, 11) is 0. The highest BCUT2D eigenvalue weighted by Crippen LogP contribution is 2.33. The number of hydrogen-bond acceptors (Lipinski definition) is 0.